The van der Waals surface area contributed by atoms with Crippen molar-refractivity contribution in [1.82, 2.24) is 4.98 Å². The van der Waals surface area contributed by atoms with Crippen molar-refractivity contribution in [2.24, 2.45) is 0 Å². The molecule has 1 aliphatic heterocycles. The normalized spacial score (nSPS) is 15.8. The molecule has 10 heteroatoms. The van der Waals surface area contributed by atoms with Crippen LogP contribution in [0, 0.1) is 6.92 Å². The zero-order valence-corrected chi connectivity index (χ0v) is 19.5. The highest BCUT2D eigenvalue weighted by atomic mass is 35.5. The Bertz CT molecular complexity index is 1220. The maximum atomic E-state index is 13.1. The summed E-state index contributed by atoms with van der Waals surface area (Å²) in [6, 6.07) is 10.5. The Labute approximate surface area is 193 Å². The van der Waals surface area contributed by atoms with Gasteiger partial charge in [0, 0.05) is 24.0 Å². The van der Waals surface area contributed by atoms with Gasteiger partial charge in [0.25, 0.3) is 0 Å². The number of hydrogen-bond donors (Lipinski definition) is 0. The predicted molar refractivity (Wildman–Crippen MR) is 121 cm³/mol. The fourth-order valence-corrected chi connectivity index (χ4v) is 6.85. The molecule has 2 heterocycles. The van der Waals surface area contributed by atoms with Crippen molar-refractivity contribution >= 4 is 37.9 Å². The Balaban J connectivity index is 1.49. The Kier molecular flexibility index (Phi) is 6.26. The number of nitrogens with zero attached hydrogens (tertiary/aromatic N) is 2. The monoisotopic (exact) mass is 500 g/mol. The van der Waals surface area contributed by atoms with Gasteiger partial charge in [0.05, 0.1) is 26.4 Å². The summed E-state index contributed by atoms with van der Waals surface area (Å²) in [6.07, 6.45) is -4.07. The molecule has 0 amide bonds. The molecular weight excluding hydrogens is 481 g/mol. The molecule has 0 atom stereocenters. The summed E-state index contributed by atoms with van der Waals surface area (Å²) in [5.41, 5.74) is 2.00. The van der Waals surface area contributed by atoms with Gasteiger partial charge in [-0.25, -0.2) is 13.4 Å². The molecule has 1 saturated heterocycles. The van der Waals surface area contributed by atoms with Crippen molar-refractivity contribution in [3.63, 3.8) is 0 Å². The van der Waals surface area contributed by atoms with Crippen LogP contribution in [0.1, 0.15) is 24.0 Å². The van der Waals surface area contributed by atoms with E-state index in [1.165, 1.54) is 11.3 Å². The number of anilines is 1. The zero-order chi connectivity index (χ0) is 23.1. The number of hydrogen-bond acceptors (Lipinski definition) is 5. The molecule has 170 valence electrons. The van der Waals surface area contributed by atoms with Crippen LogP contribution < -0.4 is 4.90 Å². The largest absolute Gasteiger partial charge is 0.416 e. The van der Waals surface area contributed by atoms with E-state index < -0.39 is 31.7 Å². The van der Waals surface area contributed by atoms with Gasteiger partial charge >= 0.3 is 6.18 Å². The summed E-state index contributed by atoms with van der Waals surface area (Å²) in [6.45, 7) is 2.91. The minimum Gasteiger partial charge on any atom is -0.348 e. The number of benzene rings is 2. The second-order valence-corrected chi connectivity index (χ2v) is 11.2. The van der Waals surface area contributed by atoms with Gasteiger partial charge in [-0.3, -0.25) is 0 Å². The Morgan fingerprint density at radius 1 is 1.09 bits per heavy atom. The highest BCUT2D eigenvalue weighted by molar-refractivity contribution is 7.92. The Morgan fingerprint density at radius 2 is 1.75 bits per heavy atom. The summed E-state index contributed by atoms with van der Waals surface area (Å²) in [5, 5.41) is 1.78. The van der Waals surface area contributed by atoms with E-state index in [-0.39, 0.29) is 17.9 Å². The minimum atomic E-state index is -4.64. The van der Waals surface area contributed by atoms with E-state index in [0.29, 0.717) is 19.2 Å². The predicted octanol–water partition coefficient (Wildman–Crippen LogP) is 6.23. The maximum absolute atomic E-state index is 13.1. The summed E-state index contributed by atoms with van der Waals surface area (Å²) < 4.78 is 65.3. The van der Waals surface area contributed by atoms with Gasteiger partial charge < -0.3 is 4.90 Å². The number of rotatable bonds is 4. The van der Waals surface area contributed by atoms with Gasteiger partial charge in [-0.2, -0.15) is 13.2 Å². The first-order valence-electron chi connectivity index (χ1n) is 9.94. The van der Waals surface area contributed by atoms with Crippen LogP contribution in [0.4, 0.5) is 18.3 Å². The van der Waals surface area contributed by atoms with Crippen LogP contribution in [0.5, 0.6) is 0 Å². The molecule has 0 N–H and O–H groups in total. The summed E-state index contributed by atoms with van der Waals surface area (Å²) in [5.74, 6) is 0. The van der Waals surface area contributed by atoms with Crippen molar-refractivity contribution in [3.05, 3.63) is 64.0 Å². The number of piperidine rings is 1. The van der Waals surface area contributed by atoms with E-state index in [2.05, 4.69) is 4.98 Å². The molecule has 0 radical (unpaired) electrons. The van der Waals surface area contributed by atoms with Crippen molar-refractivity contribution in [3.8, 4) is 11.3 Å². The smallest absolute Gasteiger partial charge is 0.348 e. The molecule has 4 rings (SSSR count). The average Bonchev–Trinajstić information content (AvgIpc) is 3.24. The first kappa shape index (κ1) is 23.1. The average molecular weight is 501 g/mol. The lowest BCUT2D eigenvalue weighted by atomic mass is 10.1. The van der Waals surface area contributed by atoms with Crippen LogP contribution in [-0.4, -0.2) is 31.7 Å². The highest BCUT2D eigenvalue weighted by Gasteiger charge is 2.36. The third-order valence-corrected chi connectivity index (χ3v) is 9.20. The molecule has 0 aliphatic carbocycles. The van der Waals surface area contributed by atoms with Gasteiger partial charge in [-0.1, -0.05) is 41.4 Å². The maximum Gasteiger partial charge on any atom is 0.416 e. The van der Waals surface area contributed by atoms with E-state index >= 15 is 0 Å². The van der Waals surface area contributed by atoms with Gasteiger partial charge in [-0.15, -0.1) is 11.3 Å². The number of alkyl halides is 3. The first-order chi connectivity index (χ1) is 15.1. The molecule has 0 unspecified atom stereocenters. The summed E-state index contributed by atoms with van der Waals surface area (Å²) >= 11 is 7.47. The van der Waals surface area contributed by atoms with Crippen LogP contribution in [-0.2, 0) is 16.0 Å². The molecule has 1 aromatic heterocycles. The molecule has 32 heavy (non-hydrogen) atoms. The van der Waals surface area contributed by atoms with Gasteiger partial charge in [0.2, 0.25) is 0 Å². The van der Waals surface area contributed by atoms with Gasteiger partial charge in [0.15, 0.2) is 15.0 Å². The molecule has 1 fully saturated rings. The zero-order valence-electron chi connectivity index (χ0n) is 17.1. The fraction of sp³-hybridized carbons (Fsp3) is 0.318. The molecule has 3 aromatic rings. The van der Waals surface area contributed by atoms with Crippen molar-refractivity contribution < 1.29 is 21.6 Å². The lowest BCUT2D eigenvalue weighted by molar-refractivity contribution is -0.137. The van der Waals surface area contributed by atoms with Crippen LogP contribution in [0.3, 0.4) is 0 Å². The summed E-state index contributed by atoms with van der Waals surface area (Å²) in [4.78, 5) is 6.24. The van der Waals surface area contributed by atoms with Crippen molar-refractivity contribution in [2.45, 2.75) is 36.1 Å². The Morgan fingerprint density at radius 3 is 2.38 bits per heavy atom. The standard InChI is InChI=1S/C22H20ClF3N2O2S2/c1-14-2-4-15(5-3-14)19-13-31-21(27-19)28-10-8-17(9-11-28)32(29,30)20-12-16(22(24,25)26)6-7-18(20)23/h2-7,12-13,17H,8-11H2,1H3. The lowest BCUT2D eigenvalue weighted by Crippen LogP contribution is -2.39. The number of halogens is 4. The van der Waals surface area contributed by atoms with E-state index in [0.717, 1.165) is 34.1 Å². The fourth-order valence-electron chi connectivity index (χ4n) is 3.70. The Hall–Kier alpha value is -2.10. The van der Waals surface area contributed by atoms with Crippen molar-refractivity contribution in [2.75, 3.05) is 18.0 Å². The van der Waals surface area contributed by atoms with Crippen LogP contribution >= 0.6 is 22.9 Å². The SMILES string of the molecule is Cc1ccc(-c2csc(N3CCC(S(=O)(=O)c4cc(C(F)(F)F)ccc4Cl)CC3)n2)cc1. The quantitative estimate of drug-likeness (QED) is 0.426. The van der Waals surface area contributed by atoms with Gasteiger partial charge in [-0.05, 0) is 38.0 Å². The molecule has 0 spiro atoms. The van der Waals surface area contributed by atoms with E-state index in [4.69, 9.17) is 11.6 Å². The topological polar surface area (TPSA) is 50.3 Å². The number of thiazole rings is 1. The molecular formula is C22H20ClF3N2O2S2. The molecule has 0 saturated carbocycles. The lowest BCUT2D eigenvalue weighted by Gasteiger charge is -2.31. The van der Waals surface area contributed by atoms with Crippen LogP contribution in [0.2, 0.25) is 5.02 Å². The van der Waals surface area contributed by atoms with Crippen LogP contribution in [0.15, 0.2) is 52.7 Å². The first-order valence-corrected chi connectivity index (χ1v) is 12.7. The summed E-state index contributed by atoms with van der Waals surface area (Å²) in [7, 11) is -4.00. The highest BCUT2D eigenvalue weighted by Crippen LogP contribution is 2.37. The molecule has 0 bridgehead atoms. The van der Waals surface area contributed by atoms with E-state index in [1.807, 2.05) is 41.5 Å². The number of aromatic nitrogens is 1. The number of aryl methyl sites for hydroxylation is 1. The molecule has 4 nitrogen and oxygen atoms in total. The second-order valence-electron chi connectivity index (χ2n) is 7.76. The van der Waals surface area contributed by atoms with E-state index in [9.17, 15) is 21.6 Å². The van der Waals surface area contributed by atoms with Gasteiger partial charge in [0.1, 0.15) is 0 Å². The second kappa shape index (κ2) is 8.68. The van der Waals surface area contributed by atoms with E-state index in [1.54, 1.807) is 0 Å². The number of sulfone groups is 1. The van der Waals surface area contributed by atoms with Crippen LogP contribution in [0.25, 0.3) is 11.3 Å². The third kappa shape index (κ3) is 4.65. The molecule has 2 aromatic carbocycles. The third-order valence-electron chi connectivity index (χ3n) is 5.56. The minimum absolute atomic E-state index is 0.192. The van der Waals surface area contributed by atoms with Crippen molar-refractivity contribution in [1.29, 1.82) is 0 Å². The molecule has 1 aliphatic rings.